The van der Waals surface area contributed by atoms with E-state index in [1.165, 1.54) is 12.8 Å². The molecule has 1 atom stereocenters. The minimum absolute atomic E-state index is 0.0733. The van der Waals surface area contributed by atoms with Crippen LogP contribution in [0.4, 0.5) is 9.59 Å². The van der Waals surface area contributed by atoms with Gasteiger partial charge in [0.15, 0.2) is 5.60 Å². The monoisotopic (exact) mass is 448 g/mol. The first-order valence-corrected chi connectivity index (χ1v) is 12.0. The normalized spacial score (nSPS) is 21.6. The Kier molecular flexibility index (Phi) is 5.98. The summed E-state index contributed by atoms with van der Waals surface area (Å²) in [6.45, 7) is 6.06. The van der Waals surface area contributed by atoms with E-state index in [2.05, 4.69) is 17.1 Å². The molecule has 2 aliphatic heterocycles. The average molecular weight is 449 g/mol. The highest BCUT2D eigenvalue weighted by atomic mass is 16.6. The van der Waals surface area contributed by atoms with Crippen molar-refractivity contribution in [1.82, 2.24) is 20.0 Å². The SMILES string of the molecule is CCN(CCNC(=O)N1CCN2C(=O)OC(c3ccccc3)(c3ccccc3)C2C1)C1CC1. The van der Waals surface area contributed by atoms with E-state index >= 15 is 0 Å². The molecule has 174 valence electrons. The Balaban J connectivity index is 1.36. The summed E-state index contributed by atoms with van der Waals surface area (Å²) in [6, 6.07) is 20.1. The molecule has 7 heteroatoms. The second-order valence-electron chi connectivity index (χ2n) is 9.08. The number of benzene rings is 2. The van der Waals surface area contributed by atoms with Crippen LogP contribution in [-0.4, -0.2) is 78.2 Å². The van der Waals surface area contributed by atoms with Gasteiger partial charge in [0.1, 0.15) is 6.04 Å². The van der Waals surface area contributed by atoms with Gasteiger partial charge in [-0.1, -0.05) is 67.6 Å². The number of carbonyl (C=O) groups excluding carboxylic acids is 2. The molecule has 1 saturated carbocycles. The van der Waals surface area contributed by atoms with E-state index in [9.17, 15) is 9.59 Å². The van der Waals surface area contributed by atoms with Gasteiger partial charge in [0.05, 0.1) is 0 Å². The molecule has 5 rings (SSSR count). The molecule has 3 aliphatic rings. The molecule has 2 heterocycles. The maximum Gasteiger partial charge on any atom is 0.411 e. The Bertz CT molecular complexity index is 940. The summed E-state index contributed by atoms with van der Waals surface area (Å²) in [5.74, 6) is 0. The number of cyclic esters (lactones) is 1. The Morgan fingerprint density at radius 3 is 2.27 bits per heavy atom. The predicted molar refractivity (Wildman–Crippen MR) is 126 cm³/mol. The van der Waals surface area contributed by atoms with Crippen molar-refractivity contribution < 1.29 is 14.3 Å². The lowest BCUT2D eigenvalue weighted by Gasteiger charge is -2.42. The summed E-state index contributed by atoms with van der Waals surface area (Å²) in [5, 5.41) is 3.10. The minimum atomic E-state index is -0.955. The summed E-state index contributed by atoms with van der Waals surface area (Å²) in [6.07, 6.45) is 2.21. The number of nitrogens with one attached hydrogen (secondary N) is 1. The second-order valence-corrected chi connectivity index (χ2v) is 9.08. The van der Waals surface area contributed by atoms with Crippen LogP contribution in [0.3, 0.4) is 0 Å². The van der Waals surface area contributed by atoms with Crippen LogP contribution >= 0.6 is 0 Å². The van der Waals surface area contributed by atoms with Gasteiger partial charge in [0.2, 0.25) is 0 Å². The Morgan fingerprint density at radius 2 is 1.70 bits per heavy atom. The topological polar surface area (TPSA) is 65.1 Å². The second kappa shape index (κ2) is 9.06. The molecular weight excluding hydrogens is 416 g/mol. The fraction of sp³-hybridized carbons (Fsp3) is 0.462. The van der Waals surface area contributed by atoms with E-state index in [-0.39, 0.29) is 18.2 Å². The lowest BCUT2D eigenvalue weighted by Crippen LogP contribution is -2.60. The third kappa shape index (κ3) is 4.06. The number of fused-ring (bicyclic) bond motifs is 1. The number of ether oxygens (including phenoxy) is 1. The van der Waals surface area contributed by atoms with Crippen LogP contribution in [0.2, 0.25) is 0 Å². The van der Waals surface area contributed by atoms with Gasteiger partial charge in [-0.15, -0.1) is 0 Å². The van der Waals surface area contributed by atoms with Crippen molar-refractivity contribution in [2.75, 3.05) is 39.3 Å². The molecule has 2 aromatic rings. The maximum absolute atomic E-state index is 13.1. The van der Waals surface area contributed by atoms with Crippen LogP contribution in [0.1, 0.15) is 30.9 Å². The number of carbonyl (C=O) groups is 2. The number of hydrogen-bond acceptors (Lipinski definition) is 4. The van der Waals surface area contributed by atoms with Gasteiger partial charge in [-0.2, -0.15) is 0 Å². The molecule has 1 aliphatic carbocycles. The van der Waals surface area contributed by atoms with Crippen molar-refractivity contribution in [3.8, 4) is 0 Å². The molecule has 1 N–H and O–H groups in total. The third-order valence-corrected chi connectivity index (χ3v) is 7.17. The van der Waals surface area contributed by atoms with Gasteiger partial charge in [0.25, 0.3) is 0 Å². The lowest BCUT2D eigenvalue weighted by atomic mass is 9.79. The van der Waals surface area contributed by atoms with Crippen LogP contribution in [-0.2, 0) is 10.3 Å². The zero-order valence-corrected chi connectivity index (χ0v) is 19.2. The molecule has 33 heavy (non-hydrogen) atoms. The zero-order chi connectivity index (χ0) is 22.8. The van der Waals surface area contributed by atoms with Crippen molar-refractivity contribution >= 4 is 12.1 Å². The van der Waals surface area contributed by atoms with Crippen molar-refractivity contribution in [2.45, 2.75) is 37.5 Å². The Labute approximate surface area is 195 Å². The minimum Gasteiger partial charge on any atom is -0.431 e. The molecule has 0 aromatic heterocycles. The van der Waals surface area contributed by atoms with Crippen molar-refractivity contribution in [2.24, 2.45) is 0 Å². The van der Waals surface area contributed by atoms with E-state index in [1.807, 2.05) is 65.6 Å². The molecule has 0 bridgehead atoms. The van der Waals surface area contributed by atoms with Gasteiger partial charge in [-0.05, 0) is 19.4 Å². The van der Waals surface area contributed by atoms with E-state index < -0.39 is 5.60 Å². The van der Waals surface area contributed by atoms with E-state index in [4.69, 9.17) is 4.74 Å². The van der Waals surface area contributed by atoms with Gasteiger partial charge < -0.3 is 15.0 Å². The molecule has 2 aromatic carbocycles. The van der Waals surface area contributed by atoms with Crippen molar-refractivity contribution in [1.29, 1.82) is 0 Å². The highest BCUT2D eigenvalue weighted by molar-refractivity contribution is 5.77. The molecule has 0 spiro atoms. The quantitative estimate of drug-likeness (QED) is 0.706. The standard InChI is InChI=1S/C26H32N4O3/c1-2-28(22-13-14-22)16-15-27-24(31)29-17-18-30-23(19-29)26(33-25(30)32,20-9-5-3-6-10-20)21-11-7-4-8-12-21/h3-12,22-23H,2,13-19H2,1H3,(H,27,31). The number of nitrogens with zero attached hydrogens (tertiary/aromatic N) is 3. The molecule has 1 unspecified atom stereocenters. The number of hydrogen-bond donors (Lipinski definition) is 1. The van der Waals surface area contributed by atoms with E-state index in [0.717, 1.165) is 24.2 Å². The maximum atomic E-state index is 13.1. The summed E-state index contributed by atoms with van der Waals surface area (Å²) in [7, 11) is 0. The summed E-state index contributed by atoms with van der Waals surface area (Å²) in [4.78, 5) is 32.1. The van der Waals surface area contributed by atoms with Gasteiger partial charge in [0, 0.05) is 49.9 Å². The number of rotatable bonds is 7. The molecule has 7 nitrogen and oxygen atoms in total. The molecule has 2 saturated heterocycles. The molecule has 0 radical (unpaired) electrons. The average Bonchev–Trinajstić information content (AvgIpc) is 3.66. The van der Waals surface area contributed by atoms with Gasteiger partial charge in [-0.3, -0.25) is 9.80 Å². The van der Waals surface area contributed by atoms with Crippen LogP contribution in [0.25, 0.3) is 0 Å². The fourth-order valence-corrected chi connectivity index (χ4v) is 5.30. The largest absolute Gasteiger partial charge is 0.431 e. The fourth-order valence-electron chi connectivity index (χ4n) is 5.30. The van der Waals surface area contributed by atoms with Crippen LogP contribution in [0, 0.1) is 0 Å². The Morgan fingerprint density at radius 1 is 1.06 bits per heavy atom. The summed E-state index contributed by atoms with van der Waals surface area (Å²) >= 11 is 0. The molecular formula is C26H32N4O3. The van der Waals surface area contributed by atoms with Crippen molar-refractivity contribution in [3.05, 3.63) is 71.8 Å². The van der Waals surface area contributed by atoms with E-state index in [1.54, 1.807) is 4.90 Å². The first-order valence-electron chi connectivity index (χ1n) is 12.0. The Hall–Kier alpha value is -3.06. The first-order chi connectivity index (χ1) is 16.1. The molecule has 3 amide bonds. The van der Waals surface area contributed by atoms with E-state index in [0.29, 0.717) is 32.2 Å². The van der Waals surface area contributed by atoms with Crippen molar-refractivity contribution in [3.63, 3.8) is 0 Å². The van der Waals surface area contributed by atoms with Gasteiger partial charge in [-0.25, -0.2) is 9.59 Å². The van der Waals surface area contributed by atoms with Crippen LogP contribution < -0.4 is 5.32 Å². The van der Waals surface area contributed by atoms with Crippen LogP contribution in [0.5, 0.6) is 0 Å². The third-order valence-electron chi connectivity index (χ3n) is 7.17. The lowest BCUT2D eigenvalue weighted by molar-refractivity contribution is 0.0511. The summed E-state index contributed by atoms with van der Waals surface area (Å²) in [5.41, 5.74) is 0.883. The van der Waals surface area contributed by atoms with Crippen LogP contribution in [0.15, 0.2) is 60.7 Å². The highest BCUT2D eigenvalue weighted by Gasteiger charge is 2.58. The number of urea groups is 1. The zero-order valence-electron chi connectivity index (χ0n) is 19.2. The predicted octanol–water partition coefficient (Wildman–Crippen LogP) is 3.26. The number of likely N-dealkylation sites (N-methyl/N-ethyl adjacent to an activating group) is 1. The highest BCUT2D eigenvalue weighted by Crippen LogP contribution is 2.45. The molecule has 3 fully saturated rings. The summed E-state index contributed by atoms with van der Waals surface area (Å²) < 4.78 is 6.18. The smallest absolute Gasteiger partial charge is 0.411 e. The van der Waals surface area contributed by atoms with Gasteiger partial charge >= 0.3 is 12.1 Å². The number of piperazine rings is 1. The first kappa shape index (κ1) is 21.8. The number of amides is 3.